The molecule has 3 heterocycles. The lowest BCUT2D eigenvalue weighted by Crippen LogP contribution is -2.61. The van der Waals surface area contributed by atoms with Gasteiger partial charge in [0, 0.05) is 39.1 Å². The van der Waals surface area contributed by atoms with Gasteiger partial charge in [0.15, 0.2) is 11.5 Å². The molecule has 0 radical (unpaired) electrons. The minimum absolute atomic E-state index is 0.0526. The first kappa shape index (κ1) is 13.8. The lowest BCUT2D eigenvalue weighted by atomic mass is 10.1. The molecule has 2 aliphatic rings. The number of hydrogen-bond donors (Lipinski definition) is 0. The van der Waals surface area contributed by atoms with Crippen molar-refractivity contribution in [3.05, 3.63) is 18.1 Å². The van der Waals surface area contributed by atoms with E-state index in [2.05, 4.69) is 9.97 Å². The summed E-state index contributed by atoms with van der Waals surface area (Å²) in [6, 6.07) is 2.17. The number of rotatable bonds is 3. The molecule has 21 heavy (non-hydrogen) atoms. The first-order valence-electron chi connectivity index (χ1n) is 7.05. The van der Waals surface area contributed by atoms with Gasteiger partial charge in [-0.1, -0.05) is 0 Å². The zero-order valence-electron chi connectivity index (χ0n) is 11.9. The van der Waals surface area contributed by atoms with Crippen molar-refractivity contribution in [3.63, 3.8) is 0 Å². The monoisotopic (exact) mass is 287 g/mol. The summed E-state index contributed by atoms with van der Waals surface area (Å²) in [5.41, 5.74) is 0.323. The highest BCUT2D eigenvalue weighted by molar-refractivity contribution is 5.81. The van der Waals surface area contributed by atoms with Crippen molar-refractivity contribution in [2.24, 2.45) is 0 Å². The maximum atomic E-state index is 12.2. The fourth-order valence-corrected chi connectivity index (χ4v) is 2.69. The number of nitrogens with zero attached hydrogens (tertiary/aromatic N) is 5. The van der Waals surface area contributed by atoms with Gasteiger partial charge in [0.25, 0.3) is 5.91 Å². The molecule has 1 atom stereocenters. The van der Waals surface area contributed by atoms with Gasteiger partial charge in [0.05, 0.1) is 6.04 Å². The maximum absolute atomic E-state index is 12.2. The third-order valence-corrected chi connectivity index (χ3v) is 4.05. The molecular weight excluding hydrogens is 270 g/mol. The molecule has 7 nitrogen and oxygen atoms in total. The molecule has 2 aliphatic heterocycles. The standard InChI is InChI=1S/C14H17N5O2/c1-18(14(20)12-3-2-6-21-12)10-8-19(9-10)13-11(7-15)16-4-5-17-13/h4-5,10,12H,2-3,6,8-9H2,1H3. The number of anilines is 1. The summed E-state index contributed by atoms with van der Waals surface area (Å²) in [5.74, 6) is 0.644. The normalized spacial score (nSPS) is 21.7. The molecule has 0 spiro atoms. The Bertz CT molecular complexity index is 573. The first-order valence-corrected chi connectivity index (χ1v) is 7.05. The molecule has 1 aromatic rings. The Morgan fingerprint density at radius 1 is 1.48 bits per heavy atom. The first-order chi connectivity index (χ1) is 10.2. The Morgan fingerprint density at radius 2 is 2.24 bits per heavy atom. The van der Waals surface area contributed by atoms with Gasteiger partial charge in [-0.25, -0.2) is 9.97 Å². The Morgan fingerprint density at radius 3 is 2.90 bits per heavy atom. The Balaban J connectivity index is 1.60. The summed E-state index contributed by atoms with van der Waals surface area (Å²) in [4.78, 5) is 24.2. The Labute approximate surface area is 123 Å². The third kappa shape index (κ3) is 2.54. The van der Waals surface area contributed by atoms with E-state index >= 15 is 0 Å². The van der Waals surface area contributed by atoms with Crippen LogP contribution in [-0.2, 0) is 9.53 Å². The summed E-state index contributed by atoms with van der Waals surface area (Å²) in [5, 5.41) is 9.03. The van der Waals surface area contributed by atoms with Gasteiger partial charge in [-0.05, 0) is 12.8 Å². The molecule has 1 aromatic heterocycles. The lowest BCUT2D eigenvalue weighted by molar-refractivity contribution is -0.142. The molecule has 0 N–H and O–H groups in total. The number of hydrogen-bond acceptors (Lipinski definition) is 6. The summed E-state index contributed by atoms with van der Waals surface area (Å²) < 4.78 is 5.43. The van der Waals surface area contributed by atoms with E-state index in [1.807, 2.05) is 18.0 Å². The summed E-state index contributed by atoms with van der Waals surface area (Å²) in [6.07, 6.45) is 4.56. The zero-order valence-corrected chi connectivity index (χ0v) is 11.9. The van der Waals surface area contributed by atoms with E-state index in [4.69, 9.17) is 10.00 Å². The highest BCUT2D eigenvalue weighted by Crippen LogP contribution is 2.24. The maximum Gasteiger partial charge on any atom is 0.251 e. The number of likely N-dealkylation sites (N-methyl/N-ethyl adjacent to an activating group) is 1. The van der Waals surface area contributed by atoms with Crippen molar-refractivity contribution < 1.29 is 9.53 Å². The van der Waals surface area contributed by atoms with Crippen LogP contribution in [0.15, 0.2) is 12.4 Å². The summed E-state index contributed by atoms with van der Waals surface area (Å²) in [7, 11) is 1.81. The predicted molar refractivity (Wildman–Crippen MR) is 74.5 cm³/mol. The van der Waals surface area contributed by atoms with Crippen molar-refractivity contribution in [2.75, 3.05) is 31.6 Å². The molecule has 0 bridgehead atoms. The number of carbonyl (C=O) groups excluding carboxylic acids is 1. The van der Waals surface area contributed by atoms with Crippen molar-refractivity contribution in [3.8, 4) is 6.07 Å². The van der Waals surface area contributed by atoms with Crippen LogP contribution in [0.4, 0.5) is 5.82 Å². The van der Waals surface area contributed by atoms with Crippen LogP contribution in [0.1, 0.15) is 18.5 Å². The molecule has 2 fully saturated rings. The second kappa shape index (κ2) is 5.66. The fourth-order valence-electron chi connectivity index (χ4n) is 2.69. The SMILES string of the molecule is CN(C(=O)C1CCCO1)C1CN(c2nccnc2C#N)C1. The van der Waals surface area contributed by atoms with Crippen LogP contribution in [0.2, 0.25) is 0 Å². The topological polar surface area (TPSA) is 82.3 Å². The van der Waals surface area contributed by atoms with Crippen LogP contribution in [0, 0.1) is 11.3 Å². The summed E-state index contributed by atoms with van der Waals surface area (Å²) in [6.45, 7) is 2.01. The van der Waals surface area contributed by atoms with E-state index in [1.165, 1.54) is 6.20 Å². The predicted octanol–water partition coefficient (Wildman–Crippen LogP) is 0.174. The third-order valence-electron chi connectivity index (χ3n) is 4.05. The minimum Gasteiger partial charge on any atom is -0.368 e. The number of ether oxygens (including phenoxy) is 1. The molecule has 110 valence electrons. The van der Waals surface area contributed by atoms with Gasteiger partial charge in [-0.3, -0.25) is 4.79 Å². The fraction of sp³-hybridized carbons (Fsp3) is 0.571. The second-order valence-electron chi connectivity index (χ2n) is 5.35. The largest absolute Gasteiger partial charge is 0.368 e. The van der Waals surface area contributed by atoms with Crippen molar-refractivity contribution in [2.45, 2.75) is 25.0 Å². The van der Waals surface area contributed by atoms with Gasteiger partial charge in [-0.2, -0.15) is 5.26 Å². The quantitative estimate of drug-likeness (QED) is 0.788. The molecule has 0 saturated carbocycles. The molecule has 1 amide bonds. The summed E-state index contributed by atoms with van der Waals surface area (Å²) >= 11 is 0. The average Bonchev–Trinajstić information content (AvgIpc) is 2.99. The molecule has 0 aliphatic carbocycles. The molecule has 0 aromatic carbocycles. The van der Waals surface area contributed by atoms with Gasteiger partial charge in [0.2, 0.25) is 0 Å². The lowest BCUT2D eigenvalue weighted by Gasteiger charge is -2.45. The van der Waals surface area contributed by atoms with Gasteiger partial charge in [0.1, 0.15) is 12.2 Å². The highest BCUT2D eigenvalue weighted by atomic mass is 16.5. The van der Waals surface area contributed by atoms with Crippen LogP contribution in [0.3, 0.4) is 0 Å². The van der Waals surface area contributed by atoms with E-state index in [9.17, 15) is 4.79 Å². The number of aromatic nitrogens is 2. The van der Waals surface area contributed by atoms with Crippen molar-refractivity contribution in [1.29, 1.82) is 5.26 Å². The smallest absolute Gasteiger partial charge is 0.251 e. The Hall–Kier alpha value is -2.20. The van der Waals surface area contributed by atoms with E-state index in [0.29, 0.717) is 31.2 Å². The minimum atomic E-state index is -0.282. The van der Waals surface area contributed by atoms with Gasteiger partial charge >= 0.3 is 0 Å². The van der Waals surface area contributed by atoms with Crippen molar-refractivity contribution in [1.82, 2.24) is 14.9 Å². The van der Waals surface area contributed by atoms with E-state index < -0.39 is 0 Å². The van der Waals surface area contributed by atoms with E-state index in [1.54, 1.807) is 11.1 Å². The zero-order chi connectivity index (χ0) is 14.8. The number of carbonyl (C=O) groups is 1. The Kier molecular flexibility index (Phi) is 3.71. The molecule has 2 saturated heterocycles. The van der Waals surface area contributed by atoms with Gasteiger partial charge in [-0.15, -0.1) is 0 Å². The highest BCUT2D eigenvalue weighted by Gasteiger charge is 2.37. The average molecular weight is 287 g/mol. The number of amides is 1. The molecule has 1 unspecified atom stereocenters. The van der Waals surface area contributed by atoms with Crippen LogP contribution in [-0.4, -0.2) is 59.7 Å². The van der Waals surface area contributed by atoms with Gasteiger partial charge < -0.3 is 14.5 Å². The second-order valence-corrected chi connectivity index (χ2v) is 5.35. The van der Waals surface area contributed by atoms with E-state index in [0.717, 1.165) is 12.8 Å². The van der Waals surface area contributed by atoms with Crippen LogP contribution in [0.5, 0.6) is 0 Å². The molecular formula is C14H17N5O2. The van der Waals surface area contributed by atoms with Crippen LogP contribution >= 0.6 is 0 Å². The van der Waals surface area contributed by atoms with Crippen molar-refractivity contribution >= 4 is 11.7 Å². The number of nitriles is 1. The van der Waals surface area contributed by atoms with E-state index in [-0.39, 0.29) is 18.1 Å². The van der Waals surface area contributed by atoms with Crippen LogP contribution in [0.25, 0.3) is 0 Å². The molecule has 3 rings (SSSR count). The molecule has 7 heteroatoms. The van der Waals surface area contributed by atoms with Crippen LogP contribution < -0.4 is 4.90 Å².